The van der Waals surface area contributed by atoms with E-state index in [9.17, 15) is 5.11 Å². The van der Waals surface area contributed by atoms with Crippen LogP contribution in [0, 0.1) is 6.57 Å². The number of phenols is 1. The largest absolute Gasteiger partial charge is 0.509 e. The lowest BCUT2D eigenvalue weighted by Gasteiger charge is -2.07. The first-order valence-electron chi connectivity index (χ1n) is 5.14. The third kappa shape index (κ3) is 2.99. The van der Waals surface area contributed by atoms with Crippen molar-refractivity contribution in [1.82, 2.24) is 4.98 Å². The fourth-order valence-electron chi connectivity index (χ4n) is 1.37. The van der Waals surface area contributed by atoms with E-state index in [2.05, 4.69) is 25.8 Å². The van der Waals surface area contributed by atoms with Crippen molar-refractivity contribution in [2.24, 2.45) is 0 Å². The summed E-state index contributed by atoms with van der Waals surface area (Å²) in [5, 5.41) is 9.70. The summed E-state index contributed by atoms with van der Waals surface area (Å²) < 4.78 is 6.14. The number of pyridine rings is 1. The van der Waals surface area contributed by atoms with Crippen LogP contribution in [0.25, 0.3) is 4.85 Å². The molecule has 1 aromatic carbocycles. The maximum Gasteiger partial charge on any atom is 0.214 e. The molecule has 90 valence electrons. The van der Waals surface area contributed by atoms with Crippen LogP contribution in [0.15, 0.2) is 41.0 Å². The molecule has 0 aliphatic carbocycles. The van der Waals surface area contributed by atoms with Gasteiger partial charge in [-0.3, -0.25) is 0 Å². The number of ether oxygens (including phenoxy) is 1. The van der Waals surface area contributed by atoms with Gasteiger partial charge in [0.05, 0.1) is 6.57 Å². The van der Waals surface area contributed by atoms with Crippen molar-refractivity contribution in [2.45, 2.75) is 6.61 Å². The van der Waals surface area contributed by atoms with Gasteiger partial charge in [0.25, 0.3) is 0 Å². The molecule has 0 unspecified atom stereocenters. The van der Waals surface area contributed by atoms with Crippen molar-refractivity contribution < 1.29 is 9.84 Å². The van der Waals surface area contributed by atoms with Gasteiger partial charge in [-0.05, 0) is 28.1 Å². The molecule has 0 saturated carbocycles. The third-order valence-corrected chi connectivity index (χ3v) is 2.70. The van der Waals surface area contributed by atoms with E-state index in [-0.39, 0.29) is 12.4 Å². The zero-order chi connectivity index (χ0) is 13.0. The molecule has 0 aliphatic heterocycles. The number of rotatable bonds is 3. The van der Waals surface area contributed by atoms with Gasteiger partial charge in [0.15, 0.2) is 5.69 Å². The number of phenolic OH excluding ortho intramolecular Hbond substituents is 1. The summed E-state index contributed by atoms with van der Waals surface area (Å²) in [6, 6.07) is 10.1. The molecule has 4 nitrogen and oxygen atoms in total. The molecule has 0 aliphatic rings. The molecule has 0 spiro atoms. The topological polar surface area (TPSA) is 46.7 Å². The van der Waals surface area contributed by atoms with Crippen molar-refractivity contribution in [1.29, 1.82) is 0 Å². The number of nitrogens with zero attached hydrogens (tertiary/aromatic N) is 2. The Kier molecular flexibility index (Phi) is 3.80. The predicted molar refractivity (Wildman–Crippen MR) is 70.6 cm³/mol. The minimum atomic E-state index is 0.0542. The molecule has 1 heterocycles. The second kappa shape index (κ2) is 5.52. The third-order valence-electron chi connectivity index (χ3n) is 2.26. The van der Waals surface area contributed by atoms with Crippen molar-refractivity contribution in [3.8, 4) is 11.6 Å². The summed E-state index contributed by atoms with van der Waals surface area (Å²) >= 11 is 3.25. The van der Waals surface area contributed by atoms with Gasteiger partial charge < -0.3 is 9.84 Å². The van der Waals surface area contributed by atoms with E-state index in [1.807, 2.05) is 6.07 Å². The molecule has 2 aromatic rings. The van der Waals surface area contributed by atoms with Gasteiger partial charge >= 0.3 is 0 Å². The minimum absolute atomic E-state index is 0.0542. The Morgan fingerprint density at radius 3 is 2.83 bits per heavy atom. The SMILES string of the molecule is [C-]#[N+]c1ccc(COc2cccc(Br)n2)c(O)c1. The Hall–Kier alpha value is -2.06. The fourth-order valence-corrected chi connectivity index (χ4v) is 1.69. The van der Waals surface area contributed by atoms with Crippen LogP contribution in [-0.4, -0.2) is 10.1 Å². The van der Waals surface area contributed by atoms with Crippen molar-refractivity contribution in [3.05, 3.63) is 58.0 Å². The summed E-state index contributed by atoms with van der Waals surface area (Å²) in [6.07, 6.45) is 0. The number of hydrogen-bond donors (Lipinski definition) is 1. The first-order chi connectivity index (χ1) is 8.69. The first-order valence-corrected chi connectivity index (χ1v) is 5.93. The van der Waals surface area contributed by atoms with Gasteiger partial charge in [0, 0.05) is 11.6 Å². The summed E-state index contributed by atoms with van der Waals surface area (Å²) in [6.45, 7) is 7.04. The van der Waals surface area contributed by atoms with E-state index < -0.39 is 0 Å². The average molecular weight is 305 g/mol. The second-order valence-electron chi connectivity index (χ2n) is 3.51. The van der Waals surface area contributed by atoms with Crippen LogP contribution in [0.3, 0.4) is 0 Å². The van der Waals surface area contributed by atoms with Gasteiger partial charge in [0.2, 0.25) is 5.88 Å². The van der Waals surface area contributed by atoms with E-state index in [0.29, 0.717) is 21.7 Å². The Morgan fingerprint density at radius 1 is 1.33 bits per heavy atom. The Balaban J connectivity index is 2.09. The summed E-state index contributed by atoms with van der Waals surface area (Å²) in [5.41, 5.74) is 1.01. The number of benzene rings is 1. The zero-order valence-electron chi connectivity index (χ0n) is 9.30. The molecule has 0 radical (unpaired) electrons. The molecule has 0 atom stereocenters. The number of aromatic hydroxyl groups is 1. The number of halogens is 1. The molecule has 0 amide bonds. The van der Waals surface area contributed by atoms with E-state index in [0.717, 1.165) is 0 Å². The Labute approximate surface area is 113 Å². The van der Waals surface area contributed by atoms with Crippen molar-refractivity contribution in [2.75, 3.05) is 0 Å². The van der Waals surface area contributed by atoms with Gasteiger partial charge in [-0.1, -0.05) is 18.2 Å². The van der Waals surface area contributed by atoms with Crippen LogP contribution >= 0.6 is 15.9 Å². The van der Waals surface area contributed by atoms with Crippen LogP contribution in [0.5, 0.6) is 11.6 Å². The summed E-state index contributed by atoms with van der Waals surface area (Å²) in [4.78, 5) is 7.35. The van der Waals surface area contributed by atoms with Crippen LogP contribution < -0.4 is 4.74 Å². The highest BCUT2D eigenvalue weighted by Gasteiger charge is 2.04. The lowest BCUT2D eigenvalue weighted by Crippen LogP contribution is -1.97. The standard InChI is InChI=1S/C13H9BrN2O2/c1-15-10-6-5-9(11(17)7-10)8-18-13-4-2-3-12(14)16-13/h2-7,17H,8H2. The smallest absolute Gasteiger partial charge is 0.214 e. The van der Waals surface area contributed by atoms with Crippen molar-refractivity contribution >= 4 is 21.6 Å². The van der Waals surface area contributed by atoms with Crippen molar-refractivity contribution in [3.63, 3.8) is 0 Å². The molecule has 0 fully saturated rings. The molecular weight excluding hydrogens is 296 g/mol. The molecule has 1 aromatic heterocycles. The highest BCUT2D eigenvalue weighted by Crippen LogP contribution is 2.25. The van der Waals surface area contributed by atoms with Gasteiger partial charge in [-0.2, -0.15) is 0 Å². The van der Waals surface area contributed by atoms with Crippen LogP contribution in [0.1, 0.15) is 5.56 Å². The average Bonchev–Trinajstić information content (AvgIpc) is 2.37. The van der Waals surface area contributed by atoms with E-state index in [1.165, 1.54) is 6.07 Å². The van der Waals surface area contributed by atoms with E-state index in [4.69, 9.17) is 11.3 Å². The lowest BCUT2D eigenvalue weighted by atomic mass is 10.2. The lowest BCUT2D eigenvalue weighted by molar-refractivity contribution is 0.287. The maximum atomic E-state index is 9.70. The first kappa shape index (κ1) is 12.4. The zero-order valence-corrected chi connectivity index (χ0v) is 10.9. The van der Waals surface area contributed by atoms with Crippen LogP contribution in [0.4, 0.5) is 5.69 Å². The predicted octanol–water partition coefficient (Wildman–Crippen LogP) is 3.68. The monoisotopic (exact) mass is 304 g/mol. The highest BCUT2D eigenvalue weighted by atomic mass is 79.9. The van der Waals surface area contributed by atoms with E-state index >= 15 is 0 Å². The fraction of sp³-hybridized carbons (Fsp3) is 0.0769. The van der Waals surface area contributed by atoms with E-state index in [1.54, 1.807) is 24.3 Å². The number of hydrogen-bond acceptors (Lipinski definition) is 3. The maximum absolute atomic E-state index is 9.70. The normalized spacial score (nSPS) is 9.78. The second-order valence-corrected chi connectivity index (χ2v) is 4.32. The highest BCUT2D eigenvalue weighted by molar-refractivity contribution is 9.10. The van der Waals surface area contributed by atoms with Gasteiger partial charge in [-0.15, -0.1) is 0 Å². The summed E-state index contributed by atoms with van der Waals surface area (Å²) in [5.74, 6) is 0.525. The Morgan fingerprint density at radius 2 is 2.17 bits per heavy atom. The molecule has 18 heavy (non-hydrogen) atoms. The van der Waals surface area contributed by atoms with Crippen LogP contribution in [0.2, 0.25) is 0 Å². The minimum Gasteiger partial charge on any atom is -0.509 e. The molecule has 0 bridgehead atoms. The quantitative estimate of drug-likeness (QED) is 0.695. The number of aromatic nitrogens is 1. The summed E-state index contributed by atoms with van der Waals surface area (Å²) in [7, 11) is 0. The molecule has 0 saturated heterocycles. The molecule has 1 N–H and O–H groups in total. The Bertz CT molecular complexity index is 608. The van der Waals surface area contributed by atoms with Gasteiger partial charge in [0.1, 0.15) is 17.0 Å². The molecule has 5 heteroatoms. The van der Waals surface area contributed by atoms with Crippen LogP contribution in [-0.2, 0) is 6.61 Å². The molecular formula is C13H9BrN2O2. The molecule has 2 rings (SSSR count). The van der Waals surface area contributed by atoms with Gasteiger partial charge in [-0.25, -0.2) is 9.83 Å².